The lowest BCUT2D eigenvalue weighted by atomic mass is 10.2. The Bertz CT molecular complexity index is 378. The Morgan fingerprint density at radius 2 is 1.82 bits per heavy atom. The van der Waals surface area contributed by atoms with Gasteiger partial charge in [-0.3, -0.25) is 4.79 Å². The number of nitrogens with two attached hydrogens (primary N) is 1. The van der Waals surface area contributed by atoms with E-state index in [1.165, 1.54) is 24.3 Å². The first kappa shape index (κ1) is 15.4. The molecule has 0 unspecified atom stereocenters. The van der Waals surface area contributed by atoms with Crippen molar-refractivity contribution in [3.05, 3.63) is 29.8 Å². The van der Waals surface area contributed by atoms with Crippen molar-refractivity contribution in [3.63, 3.8) is 0 Å². The highest BCUT2D eigenvalue weighted by Crippen LogP contribution is 2.12. The van der Waals surface area contributed by atoms with E-state index in [1.807, 2.05) is 0 Å². The average Bonchev–Trinajstić information content (AvgIpc) is 2.30. The van der Waals surface area contributed by atoms with E-state index in [2.05, 4.69) is 0 Å². The molecule has 0 fully saturated rings. The second-order valence-electron chi connectivity index (χ2n) is 2.92. The van der Waals surface area contributed by atoms with Gasteiger partial charge in [-0.05, 0) is 31.2 Å². The van der Waals surface area contributed by atoms with Crippen LogP contribution in [0.4, 0.5) is 0 Å². The summed E-state index contributed by atoms with van der Waals surface area (Å²) >= 11 is 0. The molecule has 0 saturated carbocycles. The van der Waals surface area contributed by atoms with E-state index in [-0.39, 0.29) is 19.0 Å². The highest BCUT2D eigenvalue weighted by molar-refractivity contribution is 5.89. The molecule has 1 rings (SSSR count). The van der Waals surface area contributed by atoms with Gasteiger partial charge in [0.25, 0.3) is 0 Å². The number of ether oxygens (including phenoxy) is 2. The maximum Gasteiger partial charge on any atom is 0.338 e. The molecule has 0 radical (unpaired) electrons. The van der Waals surface area contributed by atoms with Crippen LogP contribution in [0.3, 0.4) is 0 Å². The topological polar surface area (TPSA) is 78.6 Å². The number of carbonyl (C=O) groups excluding carboxylic acids is 2. The first-order valence-electron chi connectivity index (χ1n) is 4.85. The first-order chi connectivity index (χ1) is 7.67. The largest absolute Gasteiger partial charge is 0.462 e. The van der Waals surface area contributed by atoms with Crippen molar-refractivity contribution >= 4 is 24.3 Å². The zero-order chi connectivity index (χ0) is 12.0. The predicted octanol–water partition coefficient (Wildman–Crippen LogP) is 1.15. The van der Waals surface area contributed by atoms with Gasteiger partial charge in [0.1, 0.15) is 5.75 Å². The van der Waals surface area contributed by atoms with Gasteiger partial charge in [0.15, 0.2) is 0 Å². The second kappa shape index (κ2) is 7.65. The average molecular weight is 260 g/mol. The molecule has 0 aromatic heterocycles. The zero-order valence-corrected chi connectivity index (χ0v) is 10.2. The van der Waals surface area contributed by atoms with Crippen LogP contribution in [0.25, 0.3) is 0 Å². The van der Waals surface area contributed by atoms with Crippen LogP contribution in [0, 0.1) is 0 Å². The number of benzene rings is 1. The third kappa shape index (κ3) is 4.84. The molecule has 17 heavy (non-hydrogen) atoms. The molecule has 0 aliphatic carbocycles. The number of hydrogen-bond acceptors (Lipinski definition) is 5. The molecule has 0 aliphatic heterocycles. The van der Waals surface area contributed by atoms with Gasteiger partial charge in [-0.25, -0.2) is 4.79 Å². The highest BCUT2D eigenvalue weighted by Gasteiger charge is 2.07. The molecular weight excluding hydrogens is 246 g/mol. The molecule has 1 aromatic rings. The Balaban J connectivity index is 0.00000256. The van der Waals surface area contributed by atoms with Crippen LogP contribution in [-0.2, 0) is 9.53 Å². The molecule has 0 saturated heterocycles. The summed E-state index contributed by atoms with van der Waals surface area (Å²) in [5.74, 6) is -0.577. The summed E-state index contributed by atoms with van der Waals surface area (Å²) in [6.07, 6.45) is 0. The molecule has 0 heterocycles. The van der Waals surface area contributed by atoms with Gasteiger partial charge in [0, 0.05) is 0 Å². The molecule has 6 heteroatoms. The molecule has 94 valence electrons. The monoisotopic (exact) mass is 259 g/mol. The summed E-state index contributed by atoms with van der Waals surface area (Å²) < 4.78 is 9.65. The summed E-state index contributed by atoms with van der Waals surface area (Å²) in [4.78, 5) is 22.1. The van der Waals surface area contributed by atoms with Crippen LogP contribution in [0.1, 0.15) is 17.3 Å². The minimum Gasteiger partial charge on any atom is -0.462 e. The van der Waals surface area contributed by atoms with E-state index < -0.39 is 11.9 Å². The molecule has 0 amide bonds. The fraction of sp³-hybridized carbons (Fsp3) is 0.273. The molecule has 5 nitrogen and oxygen atoms in total. The maximum absolute atomic E-state index is 11.3. The van der Waals surface area contributed by atoms with Crippen molar-refractivity contribution in [2.24, 2.45) is 5.73 Å². The second-order valence-corrected chi connectivity index (χ2v) is 2.92. The maximum atomic E-state index is 11.3. The van der Waals surface area contributed by atoms with Gasteiger partial charge in [0.05, 0.1) is 18.7 Å². The van der Waals surface area contributed by atoms with Crippen LogP contribution >= 0.6 is 12.4 Å². The van der Waals surface area contributed by atoms with Crippen LogP contribution in [0.2, 0.25) is 0 Å². The van der Waals surface area contributed by atoms with Crippen LogP contribution in [0.5, 0.6) is 5.75 Å². The summed E-state index contributed by atoms with van der Waals surface area (Å²) in [5.41, 5.74) is 5.50. The normalized spacial score (nSPS) is 9.06. The van der Waals surface area contributed by atoms with Gasteiger partial charge in [-0.2, -0.15) is 0 Å². The van der Waals surface area contributed by atoms with Gasteiger partial charge in [-0.15, -0.1) is 12.4 Å². The van der Waals surface area contributed by atoms with Crippen molar-refractivity contribution in [1.82, 2.24) is 0 Å². The van der Waals surface area contributed by atoms with Crippen molar-refractivity contribution in [2.45, 2.75) is 6.92 Å². The zero-order valence-electron chi connectivity index (χ0n) is 9.34. The van der Waals surface area contributed by atoms with E-state index in [4.69, 9.17) is 15.2 Å². The third-order valence-electron chi connectivity index (χ3n) is 1.76. The Kier molecular flexibility index (Phi) is 6.93. The van der Waals surface area contributed by atoms with Gasteiger partial charge in [0.2, 0.25) is 0 Å². The fourth-order valence-electron chi connectivity index (χ4n) is 1.05. The summed E-state index contributed by atoms with van der Waals surface area (Å²) in [7, 11) is 0. The van der Waals surface area contributed by atoms with E-state index in [9.17, 15) is 9.59 Å². The smallest absolute Gasteiger partial charge is 0.338 e. The molecule has 0 aliphatic rings. The molecule has 1 aromatic carbocycles. The highest BCUT2D eigenvalue weighted by atomic mass is 35.5. The predicted molar refractivity (Wildman–Crippen MR) is 64.3 cm³/mol. The van der Waals surface area contributed by atoms with E-state index in [0.29, 0.717) is 17.9 Å². The molecule has 0 atom stereocenters. The summed E-state index contributed by atoms with van der Waals surface area (Å²) in [6.45, 7) is 1.87. The third-order valence-corrected chi connectivity index (χ3v) is 1.76. The fourth-order valence-corrected chi connectivity index (χ4v) is 1.05. The first-order valence-corrected chi connectivity index (χ1v) is 4.85. The molecule has 2 N–H and O–H groups in total. The lowest BCUT2D eigenvalue weighted by molar-refractivity contribution is -0.132. The van der Waals surface area contributed by atoms with E-state index in [0.717, 1.165) is 0 Å². The van der Waals surface area contributed by atoms with E-state index >= 15 is 0 Å². The number of hydrogen-bond donors (Lipinski definition) is 1. The van der Waals surface area contributed by atoms with Crippen LogP contribution in [0.15, 0.2) is 24.3 Å². The quantitative estimate of drug-likeness (QED) is 0.648. The van der Waals surface area contributed by atoms with Gasteiger partial charge in [-0.1, -0.05) is 0 Å². The summed E-state index contributed by atoms with van der Waals surface area (Å²) in [6, 6.07) is 6.08. The van der Waals surface area contributed by atoms with Crippen molar-refractivity contribution in [1.29, 1.82) is 0 Å². The molecule has 0 bridgehead atoms. The minimum atomic E-state index is -0.524. The molecular formula is C11H14ClNO4. The lowest BCUT2D eigenvalue weighted by Gasteiger charge is -2.04. The Morgan fingerprint density at radius 3 is 2.29 bits per heavy atom. The number of esters is 2. The SMILES string of the molecule is CCOC(=O)c1ccc(OC(=O)CN)cc1.Cl. The summed E-state index contributed by atoms with van der Waals surface area (Å²) in [5, 5.41) is 0. The van der Waals surface area contributed by atoms with Crippen molar-refractivity contribution in [3.8, 4) is 5.75 Å². The lowest BCUT2D eigenvalue weighted by Crippen LogP contribution is -2.19. The van der Waals surface area contributed by atoms with Crippen LogP contribution < -0.4 is 10.5 Å². The van der Waals surface area contributed by atoms with Gasteiger partial charge < -0.3 is 15.2 Å². The molecule has 0 spiro atoms. The number of rotatable bonds is 4. The number of carbonyl (C=O) groups is 2. The van der Waals surface area contributed by atoms with Crippen molar-refractivity contribution in [2.75, 3.05) is 13.2 Å². The Morgan fingerprint density at radius 1 is 1.24 bits per heavy atom. The Hall–Kier alpha value is -1.59. The van der Waals surface area contributed by atoms with Crippen molar-refractivity contribution < 1.29 is 19.1 Å². The van der Waals surface area contributed by atoms with Crippen LogP contribution in [-0.4, -0.2) is 25.1 Å². The number of halogens is 1. The van der Waals surface area contributed by atoms with Gasteiger partial charge >= 0.3 is 11.9 Å². The Labute approximate surface area is 105 Å². The minimum absolute atomic E-state index is 0. The van der Waals surface area contributed by atoms with E-state index in [1.54, 1.807) is 6.92 Å². The standard InChI is InChI=1S/C11H13NO4.ClH/c1-2-15-11(14)8-3-5-9(6-4-8)16-10(13)7-12;/h3-6H,2,7,12H2,1H3;1H.